The van der Waals surface area contributed by atoms with Gasteiger partial charge < -0.3 is 15.1 Å². The number of rotatable bonds is 5. The summed E-state index contributed by atoms with van der Waals surface area (Å²) in [5.74, 6) is 0.655. The minimum Gasteiger partial charge on any atom is -0.369 e. The molecule has 0 unspecified atom stereocenters. The second-order valence-corrected chi connectivity index (χ2v) is 10.1. The van der Waals surface area contributed by atoms with Gasteiger partial charge in [0.25, 0.3) is 0 Å². The van der Waals surface area contributed by atoms with Crippen LogP contribution in [0.5, 0.6) is 0 Å². The lowest BCUT2D eigenvalue weighted by atomic mass is 10.1. The first kappa shape index (κ1) is 23.7. The predicted molar refractivity (Wildman–Crippen MR) is 144 cm³/mol. The summed E-state index contributed by atoms with van der Waals surface area (Å²) >= 11 is 0. The average molecular weight is 502 g/mol. The zero-order chi connectivity index (χ0) is 25.4. The number of piperazine rings is 1. The highest BCUT2D eigenvalue weighted by atomic mass is 19.1. The highest BCUT2D eigenvalue weighted by Crippen LogP contribution is 2.37. The number of urea groups is 1. The summed E-state index contributed by atoms with van der Waals surface area (Å²) in [6, 6.07) is 14.5. The van der Waals surface area contributed by atoms with Gasteiger partial charge >= 0.3 is 6.03 Å². The molecule has 2 fully saturated rings. The maximum Gasteiger partial charge on any atom is 0.330 e. The third-order valence-electron chi connectivity index (χ3n) is 7.66. The van der Waals surface area contributed by atoms with Crippen LogP contribution in [0, 0.1) is 5.82 Å². The first-order valence-electron chi connectivity index (χ1n) is 13.1. The summed E-state index contributed by atoms with van der Waals surface area (Å²) in [4.78, 5) is 31.1. The SMILES string of the molecule is CN1CCN(c2ccc(Nc3ncc4c(n3)N(C3CCCC3)C(=O)N(c3ccccc3F)C4)cc2)CC1. The molecular formula is C28H32FN7O. The van der Waals surface area contributed by atoms with Gasteiger partial charge in [-0.15, -0.1) is 0 Å². The van der Waals surface area contributed by atoms with Crippen molar-refractivity contribution >= 4 is 34.9 Å². The molecule has 0 radical (unpaired) electrons. The molecule has 6 rings (SSSR count). The molecule has 2 aliphatic heterocycles. The lowest BCUT2D eigenvalue weighted by molar-refractivity contribution is 0.247. The molecule has 0 bridgehead atoms. The molecule has 37 heavy (non-hydrogen) atoms. The number of amides is 2. The lowest BCUT2D eigenvalue weighted by Crippen LogP contribution is -2.52. The maximum absolute atomic E-state index is 14.6. The molecule has 9 heteroatoms. The van der Waals surface area contributed by atoms with Crippen LogP contribution in [-0.4, -0.2) is 60.2 Å². The third-order valence-corrected chi connectivity index (χ3v) is 7.66. The molecule has 1 saturated carbocycles. The second kappa shape index (κ2) is 9.97. The number of carbonyl (C=O) groups is 1. The fourth-order valence-electron chi connectivity index (χ4n) is 5.54. The van der Waals surface area contributed by atoms with Gasteiger partial charge in [-0.1, -0.05) is 25.0 Å². The van der Waals surface area contributed by atoms with E-state index in [1.54, 1.807) is 29.3 Å². The van der Waals surface area contributed by atoms with Crippen LogP contribution >= 0.6 is 0 Å². The van der Waals surface area contributed by atoms with E-state index in [9.17, 15) is 9.18 Å². The molecule has 0 spiro atoms. The molecule has 0 atom stereocenters. The van der Waals surface area contributed by atoms with E-state index in [-0.39, 0.29) is 24.3 Å². The highest BCUT2D eigenvalue weighted by molar-refractivity contribution is 6.06. The molecular weight excluding hydrogens is 469 g/mol. The van der Waals surface area contributed by atoms with Crippen LogP contribution in [0.2, 0.25) is 0 Å². The number of halogens is 1. The molecule has 2 amide bonds. The summed E-state index contributed by atoms with van der Waals surface area (Å²) in [5, 5.41) is 3.31. The topological polar surface area (TPSA) is 67.8 Å². The minimum atomic E-state index is -0.412. The average Bonchev–Trinajstić information content (AvgIpc) is 3.44. The first-order valence-corrected chi connectivity index (χ1v) is 13.1. The number of benzene rings is 2. The molecule has 1 aliphatic carbocycles. The molecule has 2 aromatic carbocycles. The van der Waals surface area contributed by atoms with Crippen LogP contribution in [0.15, 0.2) is 54.7 Å². The number of nitrogens with one attached hydrogen (secondary N) is 1. The number of carbonyl (C=O) groups excluding carboxylic acids is 1. The monoisotopic (exact) mass is 501 g/mol. The highest BCUT2D eigenvalue weighted by Gasteiger charge is 2.39. The number of hydrogen-bond acceptors (Lipinski definition) is 6. The Morgan fingerprint density at radius 2 is 1.70 bits per heavy atom. The fraction of sp³-hybridized carbons (Fsp3) is 0.393. The van der Waals surface area contributed by atoms with Gasteiger partial charge in [0.15, 0.2) is 0 Å². The summed E-state index contributed by atoms with van der Waals surface area (Å²) in [5.41, 5.74) is 3.19. The van der Waals surface area contributed by atoms with Crippen molar-refractivity contribution in [1.82, 2.24) is 14.9 Å². The van der Waals surface area contributed by atoms with Crippen LogP contribution in [0.1, 0.15) is 31.2 Å². The van der Waals surface area contributed by atoms with E-state index in [1.807, 2.05) is 12.1 Å². The molecule has 3 aliphatic rings. The Labute approximate surface area is 216 Å². The summed E-state index contributed by atoms with van der Waals surface area (Å²) in [6.45, 7) is 4.40. The van der Waals surface area contributed by atoms with E-state index in [0.717, 1.165) is 63.1 Å². The molecule has 3 aromatic rings. The third kappa shape index (κ3) is 4.71. The lowest BCUT2D eigenvalue weighted by Gasteiger charge is -2.39. The summed E-state index contributed by atoms with van der Waals surface area (Å²) in [6.07, 6.45) is 5.72. The van der Waals surface area contributed by atoms with E-state index in [4.69, 9.17) is 4.98 Å². The second-order valence-electron chi connectivity index (χ2n) is 10.1. The van der Waals surface area contributed by atoms with Gasteiger partial charge in [0.1, 0.15) is 11.6 Å². The fourth-order valence-corrected chi connectivity index (χ4v) is 5.54. The Hall–Kier alpha value is -3.72. The van der Waals surface area contributed by atoms with E-state index in [0.29, 0.717) is 11.8 Å². The van der Waals surface area contributed by atoms with Gasteiger partial charge in [-0.25, -0.2) is 14.2 Å². The molecule has 1 aromatic heterocycles. The van der Waals surface area contributed by atoms with E-state index in [2.05, 4.69) is 39.3 Å². The Kier molecular flexibility index (Phi) is 6.38. The zero-order valence-electron chi connectivity index (χ0n) is 21.1. The number of fused-ring (bicyclic) bond motifs is 1. The summed E-state index contributed by atoms with van der Waals surface area (Å²) < 4.78 is 14.6. The molecule has 192 valence electrons. The first-order chi connectivity index (χ1) is 18.1. The molecule has 3 heterocycles. The van der Waals surface area contributed by atoms with Crippen LogP contribution in [0.4, 0.5) is 38.0 Å². The van der Waals surface area contributed by atoms with Crippen molar-refractivity contribution in [2.45, 2.75) is 38.3 Å². The van der Waals surface area contributed by atoms with E-state index < -0.39 is 5.82 Å². The van der Waals surface area contributed by atoms with Crippen molar-refractivity contribution in [2.24, 2.45) is 0 Å². The number of nitrogens with zero attached hydrogens (tertiary/aromatic N) is 6. The van der Waals surface area contributed by atoms with E-state index >= 15 is 0 Å². The predicted octanol–water partition coefficient (Wildman–Crippen LogP) is 5.00. The van der Waals surface area contributed by atoms with Gasteiger partial charge in [0, 0.05) is 55.4 Å². The van der Waals surface area contributed by atoms with Crippen LogP contribution in [0.3, 0.4) is 0 Å². The van der Waals surface area contributed by atoms with Crippen molar-refractivity contribution in [2.75, 3.05) is 53.2 Å². The van der Waals surface area contributed by atoms with Crippen molar-refractivity contribution in [1.29, 1.82) is 0 Å². The molecule has 1 saturated heterocycles. The Morgan fingerprint density at radius 3 is 2.43 bits per heavy atom. The Morgan fingerprint density at radius 1 is 0.973 bits per heavy atom. The Bertz CT molecular complexity index is 1270. The number of likely N-dealkylation sites (N-methyl/N-ethyl adjacent to an activating group) is 1. The van der Waals surface area contributed by atoms with Crippen LogP contribution in [-0.2, 0) is 6.54 Å². The van der Waals surface area contributed by atoms with Gasteiger partial charge in [-0.3, -0.25) is 9.80 Å². The van der Waals surface area contributed by atoms with Gasteiger partial charge in [0.05, 0.1) is 12.2 Å². The van der Waals surface area contributed by atoms with Gasteiger partial charge in [-0.2, -0.15) is 4.98 Å². The Balaban J connectivity index is 1.26. The number of hydrogen-bond donors (Lipinski definition) is 1. The minimum absolute atomic E-state index is 0.0476. The standard InChI is InChI=1S/C28H32FN7O/c1-33-14-16-34(17-15-33)22-12-10-21(11-13-22)31-27-30-18-20-19-35(25-9-5-4-8-24(25)29)28(37)36(26(20)32-27)23-6-2-3-7-23/h4-5,8-13,18,23H,2-3,6-7,14-17,19H2,1H3,(H,30,31,32). The number of anilines is 5. The van der Waals surface area contributed by atoms with Crippen molar-refractivity contribution in [3.05, 3.63) is 66.1 Å². The van der Waals surface area contributed by atoms with Gasteiger partial charge in [0.2, 0.25) is 5.95 Å². The molecule has 8 nitrogen and oxygen atoms in total. The van der Waals surface area contributed by atoms with Crippen LogP contribution < -0.4 is 20.0 Å². The number of aromatic nitrogens is 2. The molecule has 1 N–H and O–H groups in total. The number of para-hydroxylation sites is 1. The summed E-state index contributed by atoms with van der Waals surface area (Å²) in [7, 11) is 2.15. The van der Waals surface area contributed by atoms with E-state index in [1.165, 1.54) is 16.7 Å². The normalized spacial score (nSPS) is 18.9. The van der Waals surface area contributed by atoms with Crippen molar-refractivity contribution in [3.63, 3.8) is 0 Å². The van der Waals surface area contributed by atoms with Gasteiger partial charge in [-0.05, 0) is 56.3 Å². The van der Waals surface area contributed by atoms with Crippen molar-refractivity contribution in [3.8, 4) is 0 Å². The maximum atomic E-state index is 14.6. The largest absolute Gasteiger partial charge is 0.369 e. The quantitative estimate of drug-likeness (QED) is 0.531. The zero-order valence-corrected chi connectivity index (χ0v) is 21.1. The smallest absolute Gasteiger partial charge is 0.330 e. The van der Waals surface area contributed by atoms with Crippen LogP contribution in [0.25, 0.3) is 0 Å². The van der Waals surface area contributed by atoms with Crippen molar-refractivity contribution < 1.29 is 9.18 Å².